The van der Waals surface area contributed by atoms with E-state index in [0.717, 1.165) is 11.3 Å². The molecule has 1 aromatic heterocycles. The Morgan fingerprint density at radius 3 is 2.94 bits per heavy atom. The van der Waals surface area contributed by atoms with Crippen molar-refractivity contribution in [3.63, 3.8) is 0 Å². The third-order valence-corrected chi connectivity index (χ3v) is 2.72. The summed E-state index contributed by atoms with van der Waals surface area (Å²) in [4.78, 5) is 13.6. The molecule has 1 heterocycles. The van der Waals surface area contributed by atoms with E-state index in [2.05, 4.69) is 4.98 Å². The zero-order valence-corrected chi connectivity index (χ0v) is 10.2. The van der Waals surface area contributed by atoms with Crippen LogP contribution in [0.3, 0.4) is 0 Å². The van der Waals surface area contributed by atoms with Crippen LogP contribution in [0.25, 0.3) is 0 Å². The van der Waals surface area contributed by atoms with Gasteiger partial charge in [-0.25, -0.2) is 0 Å². The zero-order chi connectivity index (χ0) is 12.3. The van der Waals surface area contributed by atoms with Crippen LogP contribution in [0.2, 0.25) is 0 Å². The number of nitrogens with one attached hydrogen (secondary N) is 1. The molecule has 0 saturated heterocycles. The van der Waals surface area contributed by atoms with Crippen LogP contribution in [0.5, 0.6) is 5.75 Å². The van der Waals surface area contributed by atoms with E-state index in [1.54, 1.807) is 17.9 Å². The molecule has 2 rings (SSSR count). The summed E-state index contributed by atoms with van der Waals surface area (Å²) in [5.41, 5.74) is 0.879. The van der Waals surface area contributed by atoms with E-state index in [1.807, 2.05) is 24.3 Å². The second-order valence-electron chi connectivity index (χ2n) is 3.59. The molecular formula is C12H12N2O2S. The van der Waals surface area contributed by atoms with Gasteiger partial charge in [-0.2, -0.15) is 0 Å². The largest absolute Gasteiger partial charge is 0.497 e. The van der Waals surface area contributed by atoms with Crippen LogP contribution in [0, 0.1) is 4.77 Å². The molecule has 88 valence electrons. The van der Waals surface area contributed by atoms with Gasteiger partial charge in [0, 0.05) is 18.8 Å². The topological polar surface area (TPSA) is 47.0 Å². The maximum Gasteiger partial charge on any atom is 0.251 e. The number of ether oxygens (including phenoxy) is 1. The molecule has 0 bridgehead atoms. The van der Waals surface area contributed by atoms with Gasteiger partial charge in [-0.05, 0) is 29.9 Å². The van der Waals surface area contributed by atoms with Crippen LogP contribution in [0.15, 0.2) is 41.3 Å². The van der Waals surface area contributed by atoms with Gasteiger partial charge in [0.1, 0.15) is 5.75 Å². The Bertz CT molecular complexity index is 631. The highest BCUT2D eigenvalue weighted by molar-refractivity contribution is 7.71. The van der Waals surface area contributed by atoms with E-state index >= 15 is 0 Å². The van der Waals surface area contributed by atoms with Gasteiger partial charge < -0.3 is 9.30 Å². The van der Waals surface area contributed by atoms with E-state index in [0.29, 0.717) is 11.3 Å². The molecule has 0 aliphatic carbocycles. The number of hydrogen-bond acceptors (Lipinski definition) is 3. The predicted molar refractivity (Wildman–Crippen MR) is 68.0 cm³/mol. The van der Waals surface area contributed by atoms with Crippen LogP contribution in [0.4, 0.5) is 0 Å². The number of aromatic nitrogens is 2. The minimum absolute atomic E-state index is 0.183. The lowest BCUT2D eigenvalue weighted by molar-refractivity contribution is 0.414. The summed E-state index contributed by atoms with van der Waals surface area (Å²) >= 11 is 5.08. The van der Waals surface area contributed by atoms with Gasteiger partial charge in [0.25, 0.3) is 5.56 Å². The molecule has 4 nitrogen and oxygen atoms in total. The maximum absolute atomic E-state index is 11.0. The standard InChI is InChI=1S/C12H12N2O2S/c1-16-10-4-2-3-9(7-10)8-14-6-5-11(15)13-12(14)17/h2-7H,8H2,1H3,(H,13,15,17). The van der Waals surface area contributed by atoms with Crippen LogP contribution < -0.4 is 10.3 Å². The first-order valence-corrected chi connectivity index (χ1v) is 5.52. The highest BCUT2D eigenvalue weighted by atomic mass is 32.1. The van der Waals surface area contributed by atoms with Crippen molar-refractivity contribution in [1.82, 2.24) is 9.55 Å². The molecule has 0 spiro atoms. The molecule has 17 heavy (non-hydrogen) atoms. The third-order valence-electron chi connectivity index (χ3n) is 2.38. The summed E-state index contributed by atoms with van der Waals surface area (Å²) in [6.07, 6.45) is 1.68. The molecule has 0 atom stereocenters. The van der Waals surface area contributed by atoms with Gasteiger partial charge in [-0.15, -0.1) is 0 Å². The van der Waals surface area contributed by atoms with Crippen molar-refractivity contribution >= 4 is 12.2 Å². The highest BCUT2D eigenvalue weighted by Crippen LogP contribution is 2.13. The number of nitrogens with zero attached hydrogens (tertiary/aromatic N) is 1. The fourth-order valence-corrected chi connectivity index (χ4v) is 1.76. The lowest BCUT2D eigenvalue weighted by atomic mass is 10.2. The number of benzene rings is 1. The van der Waals surface area contributed by atoms with Crippen LogP contribution in [-0.2, 0) is 6.54 Å². The van der Waals surface area contributed by atoms with Gasteiger partial charge >= 0.3 is 0 Å². The van der Waals surface area contributed by atoms with E-state index < -0.39 is 0 Å². The number of rotatable bonds is 3. The monoisotopic (exact) mass is 248 g/mol. The van der Waals surface area contributed by atoms with Crippen molar-refractivity contribution in [1.29, 1.82) is 0 Å². The first-order chi connectivity index (χ1) is 8.19. The predicted octanol–water partition coefficient (Wildman–Crippen LogP) is 1.96. The second kappa shape index (κ2) is 4.97. The molecule has 1 N–H and O–H groups in total. The molecule has 0 radical (unpaired) electrons. The minimum atomic E-state index is -0.183. The SMILES string of the molecule is COc1cccc(Cn2ccc(=O)[nH]c2=S)c1. The summed E-state index contributed by atoms with van der Waals surface area (Å²) in [6, 6.07) is 9.18. The van der Waals surface area contributed by atoms with E-state index in [9.17, 15) is 4.79 Å². The number of hydrogen-bond donors (Lipinski definition) is 1. The maximum atomic E-state index is 11.0. The Hall–Kier alpha value is -1.88. The van der Waals surface area contributed by atoms with E-state index in [1.165, 1.54) is 6.07 Å². The molecule has 0 unspecified atom stereocenters. The molecule has 5 heteroatoms. The fourth-order valence-electron chi connectivity index (χ4n) is 1.54. The normalized spacial score (nSPS) is 10.2. The molecule has 2 aromatic rings. The fraction of sp³-hybridized carbons (Fsp3) is 0.167. The quantitative estimate of drug-likeness (QED) is 0.845. The Kier molecular flexibility index (Phi) is 3.39. The summed E-state index contributed by atoms with van der Waals surface area (Å²) < 4.78 is 7.36. The number of H-pyrrole nitrogens is 1. The average molecular weight is 248 g/mol. The second-order valence-corrected chi connectivity index (χ2v) is 3.98. The van der Waals surface area contributed by atoms with Crippen molar-refractivity contribution in [2.24, 2.45) is 0 Å². The minimum Gasteiger partial charge on any atom is -0.497 e. The van der Waals surface area contributed by atoms with Crippen molar-refractivity contribution in [3.8, 4) is 5.75 Å². The van der Waals surface area contributed by atoms with Crippen molar-refractivity contribution in [2.75, 3.05) is 7.11 Å². The summed E-state index contributed by atoms with van der Waals surface area (Å²) in [5.74, 6) is 0.804. The third kappa shape index (κ3) is 2.82. The van der Waals surface area contributed by atoms with Gasteiger partial charge in [0.05, 0.1) is 7.11 Å². The smallest absolute Gasteiger partial charge is 0.251 e. The van der Waals surface area contributed by atoms with E-state index in [-0.39, 0.29) is 5.56 Å². The summed E-state index contributed by atoms with van der Waals surface area (Å²) in [6.45, 7) is 0.604. The lowest BCUT2D eigenvalue weighted by Gasteiger charge is -2.07. The Morgan fingerprint density at radius 2 is 2.24 bits per heavy atom. The highest BCUT2D eigenvalue weighted by Gasteiger charge is 1.98. The summed E-state index contributed by atoms with van der Waals surface area (Å²) in [7, 11) is 1.63. The molecule has 1 aromatic carbocycles. The van der Waals surface area contributed by atoms with Crippen LogP contribution in [-0.4, -0.2) is 16.7 Å². The Labute approximate surface area is 104 Å². The van der Waals surface area contributed by atoms with Crippen molar-refractivity contribution < 1.29 is 4.74 Å². The average Bonchev–Trinajstić information content (AvgIpc) is 2.33. The molecule has 0 fully saturated rings. The zero-order valence-electron chi connectivity index (χ0n) is 9.34. The first-order valence-electron chi connectivity index (χ1n) is 5.12. The molecule has 0 amide bonds. The number of methoxy groups -OCH3 is 1. The van der Waals surface area contributed by atoms with Crippen LogP contribution in [0.1, 0.15) is 5.56 Å². The summed E-state index contributed by atoms with van der Waals surface area (Å²) in [5, 5.41) is 0. The van der Waals surface area contributed by atoms with Crippen molar-refractivity contribution in [3.05, 3.63) is 57.2 Å². The molecular weight excluding hydrogens is 236 g/mol. The molecule has 0 aliphatic rings. The Balaban J connectivity index is 2.31. The first kappa shape index (κ1) is 11.6. The van der Waals surface area contributed by atoms with Crippen molar-refractivity contribution in [2.45, 2.75) is 6.54 Å². The lowest BCUT2D eigenvalue weighted by Crippen LogP contribution is -2.11. The van der Waals surface area contributed by atoms with E-state index in [4.69, 9.17) is 17.0 Å². The van der Waals surface area contributed by atoms with Gasteiger partial charge in [0.15, 0.2) is 4.77 Å². The molecule has 0 aliphatic heterocycles. The van der Waals surface area contributed by atoms with Gasteiger partial charge in [-0.1, -0.05) is 12.1 Å². The Morgan fingerprint density at radius 1 is 1.41 bits per heavy atom. The number of aromatic amines is 1. The van der Waals surface area contributed by atoms with Crippen LogP contribution >= 0.6 is 12.2 Å². The van der Waals surface area contributed by atoms with Gasteiger partial charge in [-0.3, -0.25) is 9.78 Å². The molecule has 0 saturated carbocycles. The van der Waals surface area contributed by atoms with Gasteiger partial charge in [0.2, 0.25) is 0 Å².